The van der Waals surface area contributed by atoms with E-state index < -0.39 is 10.1 Å². The van der Waals surface area contributed by atoms with E-state index in [1.54, 1.807) is 18.3 Å². The van der Waals surface area contributed by atoms with Crippen LogP contribution in [0.25, 0.3) is 0 Å². The SMILES string of the molecule is CCC(CC(CC(CCC(C)n1ccc(CC(=O)NC2CC(C)(C)N(C)C(C)(C)C2)c1)c1ccc(S(=O)(=O)[O-])cc1)N1CCCC1=O)n1ccnc1.[K+]. The van der Waals surface area contributed by atoms with Gasteiger partial charge in [-0.1, -0.05) is 19.1 Å². The molecule has 1 aromatic carbocycles. The molecule has 4 unspecified atom stereocenters. The van der Waals surface area contributed by atoms with E-state index in [-0.39, 0.29) is 109 Å². The fourth-order valence-corrected chi connectivity index (χ4v) is 9.20. The van der Waals surface area contributed by atoms with E-state index in [0.717, 1.165) is 69.0 Å². The quantitative estimate of drug-likeness (QED) is 0.174. The van der Waals surface area contributed by atoms with Gasteiger partial charge in [-0.25, -0.2) is 13.4 Å². The van der Waals surface area contributed by atoms with Crippen LogP contribution >= 0.6 is 0 Å². The molecule has 2 aliphatic rings. The third-order valence-corrected chi connectivity index (χ3v) is 12.8. The number of aromatic nitrogens is 3. The second kappa shape index (κ2) is 18.4. The molecule has 2 amide bonds. The predicted octanol–water partition coefficient (Wildman–Crippen LogP) is 3.45. The summed E-state index contributed by atoms with van der Waals surface area (Å²) in [7, 11) is -2.40. The molecule has 0 spiro atoms. The molecular weight excluding hydrogens is 716 g/mol. The van der Waals surface area contributed by atoms with Gasteiger partial charge in [0.2, 0.25) is 11.8 Å². The fourth-order valence-electron chi connectivity index (χ4n) is 8.73. The summed E-state index contributed by atoms with van der Waals surface area (Å²) >= 11 is 0. The number of piperidine rings is 1. The van der Waals surface area contributed by atoms with Crippen molar-refractivity contribution in [3.05, 3.63) is 72.6 Å². The summed E-state index contributed by atoms with van der Waals surface area (Å²) in [6.45, 7) is 14.0. The maximum absolute atomic E-state index is 13.2. The number of hydrogen-bond acceptors (Lipinski definition) is 7. The Labute approximate surface area is 359 Å². The van der Waals surface area contributed by atoms with Gasteiger partial charge in [-0.05, 0) is 128 Å². The molecule has 2 fully saturated rings. The third kappa shape index (κ3) is 11.4. The molecule has 0 saturated carbocycles. The Morgan fingerprint density at radius 1 is 1.00 bits per heavy atom. The van der Waals surface area contributed by atoms with Crippen LogP contribution in [-0.2, 0) is 26.1 Å². The van der Waals surface area contributed by atoms with E-state index in [0.29, 0.717) is 12.8 Å². The molecule has 0 aliphatic carbocycles. The molecule has 0 radical (unpaired) electrons. The number of nitrogens with one attached hydrogen (secondary N) is 1. The first kappa shape index (κ1) is 43.9. The van der Waals surface area contributed by atoms with Gasteiger partial charge in [-0.2, -0.15) is 0 Å². The smallest absolute Gasteiger partial charge is 0.744 e. The van der Waals surface area contributed by atoms with Gasteiger partial charge in [0.25, 0.3) is 0 Å². The van der Waals surface area contributed by atoms with Gasteiger partial charge >= 0.3 is 51.4 Å². The van der Waals surface area contributed by atoms with Crippen LogP contribution in [0.1, 0.15) is 128 Å². The second-order valence-corrected chi connectivity index (χ2v) is 17.9. The van der Waals surface area contributed by atoms with Gasteiger partial charge in [-0.3, -0.25) is 14.5 Å². The number of benzene rings is 1. The first-order valence-electron chi connectivity index (χ1n) is 19.0. The minimum Gasteiger partial charge on any atom is -0.744 e. The summed E-state index contributed by atoms with van der Waals surface area (Å²) in [5, 5.41) is 3.31. The molecule has 2 aliphatic heterocycles. The minimum absolute atomic E-state index is 0. The Bertz CT molecular complexity index is 1740. The number of hydrogen-bond donors (Lipinski definition) is 1. The number of imidazole rings is 1. The zero-order valence-corrected chi connectivity index (χ0v) is 37.1. The fraction of sp³-hybridized carbons (Fsp3) is 0.625. The summed E-state index contributed by atoms with van der Waals surface area (Å²) in [5.41, 5.74) is 1.92. The molecule has 4 atom stereocenters. The first-order chi connectivity index (χ1) is 24.5. The third-order valence-electron chi connectivity index (χ3n) is 12.0. The summed E-state index contributed by atoms with van der Waals surface area (Å²) in [4.78, 5) is 34.8. The molecule has 286 valence electrons. The van der Waals surface area contributed by atoms with Gasteiger partial charge in [0.1, 0.15) is 10.1 Å². The number of amides is 2. The number of nitrogens with zero attached hydrogens (tertiary/aromatic N) is 5. The van der Waals surface area contributed by atoms with Crippen molar-refractivity contribution >= 4 is 21.9 Å². The van der Waals surface area contributed by atoms with Crippen LogP contribution in [0.5, 0.6) is 0 Å². The second-order valence-electron chi connectivity index (χ2n) is 16.5. The van der Waals surface area contributed by atoms with E-state index >= 15 is 0 Å². The first-order valence-corrected chi connectivity index (χ1v) is 20.4. The van der Waals surface area contributed by atoms with Crippen molar-refractivity contribution in [2.24, 2.45) is 0 Å². The zero-order valence-electron chi connectivity index (χ0n) is 33.1. The average molecular weight is 775 g/mol. The molecule has 2 saturated heterocycles. The molecule has 53 heavy (non-hydrogen) atoms. The molecule has 3 aromatic rings. The molecule has 13 heteroatoms. The van der Waals surface area contributed by atoms with Crippen LogP contribution in [-0.4, -0.2) is 85.5 Å². The van der Waals surface area contributed by atoms with Crippen LogP contribution in [0.3, 0.4) is 0 Å². The summed E-state index contributed by atoms with van der Waals surface area (Å²) in [6, 6.07) is 8.78. The normalized spacial score (nSPS) is 20.1. The van der Waals surface area contributed by atoms with Crippen molar-refractivity contribution in [3.63, 3.8) is 0 Å². The topological polar surface area (TPSA) is 133 Å². The number of carbonyl (C=O) groups excluding carboxylic acids is 2. The van der Waals surface area contributed by atoms with E-state index in [9.17, 15) is 22.6 Å². The van der Waals surface area contributed by atoms with Crippen LogP contribution in [0, 0.1) is 0 Å². The van der Waals surface area contributed by atoms with Gasteiger partial charge in [0.15, 0.2) is 0 Å². The standard InChI is InChI=1S/C40H60N6O5S.K/c1-8-34(45-21-18-41-28-45)24-35(46-19-9-10-38(46)48)23-32(31-13-15-36(16-14-31)52(49,50)51)12-11-29(2)44-20-17-30(27-44)22-37(47)42-33-25-39(3,4)43(7)40(5,6)26-33;/h13-18,20-21,27-29,32-35H,8-12,19,22-26H2,1-7H3,(H,42,47)(H,49,50,51);/q;+1/p-1. The molecule has 2 aromatic heterocycles. The van der Waals surface area contributed by atoms with E-state index in [2.05, 4.69) is 79.1 Å². The summed E-state index contributed by atoms with van der Waals surface area (Å²) < 4.78 is 39.5. The maximum atomic E-state index is 13.2. The largest absolute Gasteiger partial charge is 1.00 e. The molecule has 4 heterocycles. The van der Waals surface area contributed by atoms with Crippen LogP contribution in [0.4, 0.5) is 0 Å². The van der Waals surface area contributed by atoms with Gasteiger partial charge in [0, 0.05) is 73.0 Å². The Morgan fingerprint density at radius 2 is 1.68 bits per heavy atom. The molecule has 11 nitrogen and oxygen atoms in total. The van der Waals surface area contributed by atoms with Crippen molar-refractivity contribution in [2.75, 3.05) is 13.6 Å². The van der Waals surface area contributed by atoms with Gasteiger partial charge < -0.3 is 23.9 Å². The van der Waals surface area contributed by atoms with Crippen LogP contribution in [0.2, 0.25) is 0 Å². The van der Waals surface area contributed by atoms with Crippen LogP contribution in [0.15, 0.2) is 66.3 Å². The number of rotatable bonds is 16. The maximum Gasteiger partial charge on any atom is 1.00 e. The van der Waals surface area contributed by atoms with Crippen molar-refractivity contribution in [1.82, 2.24) is 29.2 Å². The number of likely N-dealkylation sites (tertiary alicyclic amines) is 2. The van der Waals surface area contributed by atoms with Gasteiger partial charge in [0.05, 0.1) is 17.6 Å². The number of carbonyl (C=O) groups is 2. The van der Waals surface area contributed by atoms with Crippen molar-refractivity contribution in [2.45, 2.75) is 152 Å². The Balaban J connectivity index is 0.00000627. The monoisotopic (exact) mass is 774 g/mol. The molecule has 0 bridgehead atoms. The van der Waals surface area contributed by atoms with E-state index in [1.165, 1.54) is 12.1 Å². The Hall–Kier alpha value is -1.84. The van der Waals surface area contributed by atoms with Crippen LogP contribution < -0.4 is 56.7 Å². The molecular formula is C40H59KN6O5S. The predicted molar refractivity (Wildman–Crippen MR) is 202 cm³/mol. The molecule has 5 rings (SSSR count). The Morgan fingerprint density at radius 3 is 2.25 bits per heavy atom. The van der Waals surface area contributed by atoms with Gasteiger partial charge in [-0.15, -0.1) is 0 Å². The Kier molecular flexibility index (Phi) is 15.2. The minimum atomic E-state index is -4.57. The summed E-state index contributed by atoms with van der Waals surface area (Å²) in [6.07, 6.45) is 17.3. The summed E-state index contributed by atoms with van der Waals surface area (Å²) in [5.74, 6) is 0.240. The van der Waals surface area contributed by atoms with Crippen molar-refractivity contribution in [1.29, 1.82) is 0 Å². The van der Waals surface area contributed by atoms with Crippen molar-refractivity contribution in [3.8, 4) is 0 Å². The van der Waals surface area contributed by atoms with E-state index in [1.807, 2.05) is 29.7 Å². The molecule has 1 N–H and O–H groups in total. The van der Waals surface area contributed by atoms with Crippen molar-refractivity contribution < 1.29 is 73.9 Å². The average Bonchev–Trinajstić information content (AvgIpc) is 3.86. The zero-order chi connectivity index (χ0) is 37.8. The van der Waals surface area contributed by atoms with E-state index in [4.69, 9.17) is 0 Å².